The Morgan fingerprint density at radius 2 is 2.25 bits per heavy atom. The number of ether oxygens (including phenoxy) is 1. The minimum atomic E-state index is -3.60. The lowest BCUT2D eigenvalue weighted by atomic mass is 10.4. The van der Waals surface area contributed by atoms with Crippen LogP contribution in [-0.2, 0) is 21.3 Å². The first-order valence-electron chi connectivity index (χ1n) is 6.46. The average Bonchev–Trinajstić information content (AvgIpc) is 3.16. The molecule has 114 valence electrons. The number of halogens is 1. The van der Waals surface area contributed by atoms with Gasteiger partial charge in [-0.2, -0.15) is 0 Å². The topological polar surface area (TPSA) is 80.6 Å². The van der Waals surface area contributed by atoms with Crippen LogP contribution < -0.4 is 10.0 Å². The van der Waals surface area contributed by atoms with Crippen molar-refractivity contribution in [1.82, 2.24) is 10.0 Å². The summed E-state index contributed by atoms with van der Waals surface area (Å²) in [5.41, 5.74) is 0. The summed E-state index contributed by atoms with van der Waals surface area (Å²) in [6.45, 7) is 2.54. The zero-order chi connectivity index (χ0) is 14.8. The fourth-order valence-electron chi connectivity index (χ4n) is 1.59. The summed E-state index contributed by atoms with van der Waals surface area (Å²) in [7, 11) is -2.06. The lowest BCUT2D eigenvalue weighted by Crippen LogP contribution is -2.31. The Morgan fingerprint density at radius 3 is 2.85 bits per heavy atom. The second kappa shape index (κ2) is 6.57. The Hall–Kier alpha value is -0.410. The first kappa shape index (κ1) is 16.0. The molecule has 20 heavy (non-hydrogen) atoms. The van der Waals surface area contributed by atoms with Gasteiger partial charge in [0.2, 0.25) is 10.0 Å². The molecule has 0 aromatic carbocycles. The molecule has 0 bridgehead atoms. The Kier molecular flexibility index (Phi) is 5.25. The molecule has 1 saturated carbocycles. The van der Waals surface area contributed by atoms with E-state index in [2.05, 4.69) is 26.0 Å². The van der Waals surface area contributed by atoms with Gasteiger partial charge in [0.15, 0.2) is 4.67 Å². The van der Waals surface area contributed by atoms with E-state index in [1.54, 1.807) is 13.0 Å². The molecule has 1 heterocycles. The Bertz CT molecular complexity index is 554. The molecule has 0 spiro atoms. The number of hydrogen-bond donors (Lipinski definition) is 2. The van der Waals surface area contributed by atoms with Crippen molar-refractivity contribution in [1.29, 1.82) is 0 Å². The van der Waals surface area contributed by atoms with Gasteiger partial charge in [0.1, 0.15) is 10.7 Å². The van der Waals surface area contributed by atoms with Crippen molar-refractivity contribution >= 4 is 26.0 Å². The fraction of sp³-hybridized carbons (Fsp3) is 0.667. The lowest BCUT2D eigenvalue weighted by molar-refractivity contribution is 0.122. The van der Waals surface area contributed by atoms with Gasteiger partial charge in [0.25, 0.3) is 0 Å². The predicted octanol–water partition coefficient (Wildman–Crippen LogP) is 1.61. The largest absolute Gasteiger partial charge is 0.452 e. The van der Waals surface area contributed by atoms with Gasteiger partial charge in [0, 0.05) is 25.8 Å². The predicted molar refractivity (Wildman–Crippen MR) is 77.9 cm³/mol. The molecule has 1 aliphatic rings. The highest BCUT2D eigenvalue weighted by atomic mass is 79.9. The Balaban J connectivity index is 2.01. The van der Waals surface area contributed by atoms with Crippen molar-refractivity contribution in [2.24, 2.45) is 0 Å². The summed E-state index contributed by atoms with van der Waals surface area (Å²) in [6, 6.07) is 2.08. The molecule has 1 aliphatic carbocycles. The Morgan fingerprint density at radius 1 is 1.55 bits per heavy atom. The molecule has 1 fully saturated rings. The quantitative estimate of drug-likeness (QED) is 0.730. The van der Waals surface area contributed by atoms with Gasteiger partial charge in [-0.25, -0.2) is 13.1 Å². The normalized spacial score (nSPS) is 17.4. The maximum Gasteiger partial charge on any atom is 0.245 e. The van der Waals surface area contributed by atoms with Crippen molar-refractivity contribution in [2.45, 2.75) is 43.4 Å². The monoisotopic (exact) mass is 366 g/mol. The molecular formula is C12H19BrN2O4S. The Labute approximate surface area is 127 Å². The molecule has 2 rings (SSSR count). The summed E-state index contributed by atoms with van der Waals surface area (Å²) in [6.07, 6.45) is 2.15. The number of hydrogen-bond acceptors (Lipinski definition) is 5. The minimum absolute atomic E-state index is 0.119. The number of rotatable bonds is 8. The van der Waals surface area contributed by atoms with E-state index in [1.165, 1.54) is 20.0 Å². The van der Waals surface area contributed by atoms with Crippen LogP contribution in [0.3, 0.4) is 0 Å². The van der Waals surface area contributed by atoms with E-state index in [0.29, 0.717) is 18.3 Å². The first-order valence-corrected chi connectivity index (χ1v) is 8.74. The highest BCUT2D eigenvalue weighted by Crippen LogP contribution is 2.27. The van der Waals surface area contributed by atoms with Crippen molar-refractivity contribution in [3.63, 3.8) is 0 Å². The van der Waals surface area contributed by atoms with Crippen molar-refractivity contribution in [2.75, 3.05) is 13.7 Å². The van der Waals surface area contributed by atoms with Gasteiger partial charge in [-0.3, -0.25) is 0 Å². The van der Waals surface area contributed by atoms with Gasteiger partial charge >= 0.3 is 0 Å². The van der Waals surface area contributed by atoms with Gasteiger partial charge in [-0.1, -0.05) is 0 Å². The molecule has 1 aromatic heterocycles. The highest BCUT2D eigenvalue weighted by Gasteiger charge is 2.24. The first-order chi connectivity index (χ1) is 9.42. The van der Waals surface area contributed by atoms with E-state index in [-0.39, 0.29) is 22.2 Å². The smallest absolute Gasteiger partial charge is 0.245 e. The van der Waals surface area contributed by atoms with Crippen LogP contribution >= 0.6 is 15.9 Å². The van der Waals surface area contributed by atoms with Crippen LogP contribution in [-0.4, -0.2) is 34.2 Å². The molecule has 0 aliphatic heterocycles. The molecule has 0 radical (unpaired) electrons. The van der Waals surface area contributed by atoms with E-state index in [9.17, 15) is 8.42 Å². The zero-order valence-electron chi connectivity index (χ0n) is 11.5. The number of nitrogens with one attached hydrogen (secondary N) is 2. The van der Waals surface area contributed by atoms with E-state index >= 15 is 0 Å². The average molecular weight is 367 g/mol. The van der Waals surface area contributed by atoms with E-state index < -0.39 is 10.0 Å². The SMILES string of the molecule is COC(C)CNS(=O)(=O)c1cc(CNC2CC2)oc1Br. The summed E-state index contributed by atoms with van der Waals surface area (Å²) in [5.74, 6) is 0.601. The van der Waals surface area contributed by atoms with Crippen LogP contribution in [0.4, 0.5) is 0 Å². The fourth-order valence-corrected chi connectivity index (χ4v) is 3.70. The van der Waals surface area contributed by atoms with Crippen LogP contribution in [0.5, 0.6) is 0 Å². The zero-order valence-corrected chi connectivity index (χ0v) is 13.9. The maximum absolute atomic E-state index is 12.2. The second-order valence-electron chi connectivity index (χ2n) is 4.90. The summed E-state index contributed by atoms with van der Waals surface area (Å²) in [5, 5.41) is 3.27. The third-order valence-electron chi connectivity index (χ3n) is 3.10. The number of sulfonamides is 1. The number of methoxy groups -OCH3 is 1. The summed E-state index contributed by atoms with van der Waals surface area (Å²) >= 11 is 3.15. The summed E-state index contributed by atoms with van der Waals surface area (Å²) in [4.78, 5) is 0.119. The highest BCUT2D eigenvalue weighted by molar-refractivity contribution is 9.10. The molecule has 1 atom stereocenters. The third-order valence-corrected chi connectivity index (χ3v) is 5.38. The molecule has 6 nitrogen and oxygen atoms in total. The van der Waals surface area contributed by atoms with Gasteiger partial charge in [0.05, 0.1) is 12.6 Å². The molecular weight excluding hydrogens is 348 g/mol. The molecule has 0 saturated heterocycles. The van der Waals surface area contributed by atoms with Gasteiger partial charge < -0.3 is 14.5 Å². The van der Waals surface area contributed by atoms with Crippen LogP contribution in [0, 0.1) is 0 Å². The molecule has 1 unspecified atom stereocenters. The van der Waals surface area contributed by atoms with Crippen LogP contribution in [0.1, 0.15) is 25.5 Å². The van der Waals surface area contributed by atoms with E-state index in [4.69, 9.17) is 9.15 Å². The second-order valence-corrected chi connectivity index (χ2v) is 7.36. The molecule has 1 aromatic rings. The van der Waals surface area contributed by atoms with E-state index in [0.717, 1.165) is 0 Å². The lowest BCUT2D eigenvalue weighted by Gasteiger charge is -2.10. The minimum Gasteiger partial charge on any atom is -0.452 e. The van der Waals surface area contributed by atoms with Crippen LogP contribution in [0.15, 0.2) is 20.0 Å². The van der Waals surface area contributed by atoms with E-state index in [1.807, 2.05) is 0 Å². The van der Waals surface area contributed by atoms with Crippen LogP contribution in [0.2, 0.25) is 0 Å². The molecule has 2 N–H and O–H groups in total. The maximum atomic E-state index is 12.2. The van der Waals surface area contributed by atoms with Crippen LogP contribution in [0.25, 0.3) is 0 Å². The third kappa shape index (κ3) is 4.29. The molecule has 8 heteroatoms. The van der Waals surface area contributed by atoms with Gasteiger partial charge in [-0.15, -0.1) is 0 Å². The molecule has 0 amide bonds. The van der Waals surface area contributed by atoms with Crippen molar-refractivity contribution < 1.29 is 17.6 Å². The standard InChI is InChI=1S/C12H19BrN2O4S/c1-8(18-2)6-15-20(16,17)11-5-10(19-12(11)13)7-14-9-3-4-9/h5,8-9,14-15H,3-4,6-7H2,1-2H3. The summed E-state index contributed by atoms with van der Waals surface area (Å²) < 4.78 is 37.5. The number of furan rings is 1. The van der Waals surface area contributed by atoms with Gasteiger partial charge in [-0.05, 0) is 35.7 Å². The van der Waals surface area contributed by atoms with Crippen molar-refractivity contribution in [3.05, 3.63) is 16.5 Å². The van der Waals surface area contributed by atoms with Crippen molar-refractivity contribution in [3.8, 4) is 0 Å².